The first-order chi connectivity index (χ1) is 23.3. The molecule has 1 aliphatic rings. The molecule has 13 nitrogen and oxygen atoms in total. The predicted octanol–water partition coefficient (Wildman–Crippen LogP) is 3.42. The Hall–Kier alpha value is -3.48. The van der Waals surface area contributed by atoms with Crippen molar-refractivity contribution in [3.05, 3.63) is 0 Å². The Bertz CT molecular complexity index is 1300. The molecule has 1 fully saturated rings. The van der Waals surface area contributed by atoms with Crippen LogP contribution in [0.3, 0.4) is 0 Å². The zero-order valence-electron chi connectivity index (χ0n) is 32.9. The van der Waals surface area contributed by atoms with E-state index in [0.29, 0.717) is 6.42 Å². The zero-order chi connectivity index (χ0) is 39.5. The number of carbonyl (C=O) groups is 7. The second-order valence-electron chi connectivity index (χ2n) is 17.1. The first-order valence-electron chi connectivity index (χ1n) is 18.3. The first-order valence-corrected chi connectivity index (χ1v) is 18.3. The van der Waals surface area contributed by atoms with Crippen molar-refractivity contribution in [2.45, 2.75) is 151 Å². The second-order valence-corrected chi connectivity index (χ2v) is 17.1. The highest BCUT2D eigenvalue weighted by molar-refractivity contribution is 5.98. The lowest BCUT2D eigenvalue weighted by molar-refractivity contribution is -0.138. The van der Waals surface area contributed by atoms with Crippen LogP contribution in [0.4, 0.5) is 0 Å². The van der Waals surface area contributed by atoms with Gasteiger partial charge in [-0.25, -0.2) is 0 Å². The predicted molar refractivity (Wildman–Crippen MR) is 198 cm³/mol. The Morgan fingerprint density at radius 2 is 1.35 bits per heavy atom. The van der Waals surface area contributed by atoms with E-state index >= 15 is 0 Å². The highest BCUT2D eigenvalue weighted by Gasteiger charge is 2.40. The molecule has 0 radical (unpaired) electrons. The summed E-state index contributed by atoms with van der Waals surface area (Å²) >= 11 is 0. The lowest BCUT2D eigenvalue weighted by atomic mass is 9.72. The van der Waals surface area contributed by atoms with Gasteiger partial charge in [0.25, 0.3) is 0 Å². The number of nitrogens with zero attached hydrogens (tertiary/aromatic N) is 2. The minimum Gasteiger partial charge on any atom is -0.370 e. The third-order valence-electron chi connectivity index (χ3n) is 9.89. The van der Waals surface area contributed by atoms with Crippen molar-refractivity contribution >= 4 is 46.7 Å². The molecule has 0 saturated carbocycles. The van der Waals surface area contributed by atoms with Gasteiger partial charge in [0.05, 0.1) is 11.6 Å². The average molecular weight is 719 g/mol. The summed E-state index contributed by atoms with van der Waals surface area (Å²) in [4.78, 5) is 98.9. The summed E-state index contributed by atoms with van der Waals surface area (Å²) in [6.45, 7) is 19.1. The van der Waals surface area contributed by atoms with E-state index in [1.807, 2.05) is 34.6 Å². The summed E-state index contributed by atoms with van der Waals surface area (Å²) < 4.78 is 0. The minimum atomic E-state index is -1.34. The van der Waals surface area contributed by atoms with Crippen LogP contribution in [0.25, 0.3) is 0 Å². The van der Waals surface area contributed by atoms with Crippen molar-refractivity contribution in [2.24, 2.45) is 50.8 Å². The summed E-state index contributed by atoms with van der Waals surface area (Å²) in [5.74, 6) is -5.43. The summed E-state index contributed by atoms with van der Waals surface area (Å²) in [5.41, 5.74) is 13.9. The van der Waals surface area contributed by atoms with Gasteiger partial charge in [-0.15, -0.1) is 0 Å². The van der Waals surface area contributed by atoms with Crippen LogP contribution in [0.1, 0.15) is 133 Å². The highest BCUT2D eigenvalue weighted by Crippen LogP contribution is 2.35. The maximum atomic E-state index is 13.9. The van der Waals surface area contributed by atoms with Crippen molar-refractivity contribution < 1.29 is 33.6 Å². The maximum absolute atomic E-state index is 13.9. The quantitative estimate of drug-likeness (QED) is 0.0725. The Morgan fingerprint density at radius 1 is 0.784 bits per heavy atom. The lowest BCUT2D eigenvalue weighted by Crippen LogP contribution is -2.52. The second kappa shape index (κ2) is 19.4. The molecule has 0 aromatic carbocycles. The number of hydrogen-bond acceptors (Lipinski definition) is 9. The summed E-state index contributed by atoms with van der Waals surface area (Å²) in [5, 5.41) is 2.75. The van der Waals surface area contributed by atoms with Crippen LogP contribution in [0.15, 0.2) is 4.99 Å². The highest BCUT2D eigenvalue weighted by atomic mass is 16.2. The molecule has 4 atom stereocenters. The van der Waals surface area contributed by atoms with Crippen LogP contribution in [-0.2, 0) is 33.6 Å². The van der Waals surface area contributed by atoms with Crippen LogP contribution in [0.2, 0.25) is 0 Å². The Balaban J connectivity index is 3.24. The molecule has 0 bridgehead atoms. The largest absolute Gasteiger partial charge is 0.370 e. The van der Waals surface area contributed by atoms with Gasteiger partial charge < -0.3 is 22.5 Å². The minimum absolute atomic E-state index is 0.00954. The third-order valence-corrected chi connectivity index (χ3v) is 9.89. The van der Waals surface area contributed by atoms with Crippen LogP contribution >= 0.6 is 0 Å². The van der Waals surface area contributed by atoms with Crippen molar-refractivity contribution in [1.29, 1.82) is 0 Å². The molecule has 1 saturated heterocycles. The third kappa shape index (κ3) is 15.3. The van der Waals surface area contributed by atoms with Gasteiger partial charge in [-0.2, -0.15) is 0 Å². The van der Waals surface area contributed by atoms with Gasteiger partial charge in [-0.1, -0.05) is 41.5 Å². The van der Waals surface area contributed by atoms with Gasteiger partial charge in [0.1, 0.15) is 17.3 Å². The number of nitrogens with one attached hydrogen (secondary N) is 1. The molecule has 1 rings (SSSR count). The Labute approximate surface area is 305 Å². The van der Waals surface area contributed by atoms with Crippen molar-refractivity contribution in [1.82, 2.24) is 10.2 Å². The molecule has 13 heteroatoms. The number of carbonyl (C=O) groups excluding carboxylic acids is 7. The van der Waals surface area contributed by atoms with Gasteiger partial charge in [0.2, 0.25) is 11.8 Å². The number of nitrogens with two attached hydrogens (primary N) is 3. The molecule has 1 aliphatic heterocycles. The number of hydrogen-bond donors (Lipinski definition) is 4. The molecule has 1 heterocycles. The number of guanidine groups is 1. The smallest absolute Gasteiger partial charge is 0.224 e. The molecule has 0 aromatic heterocycles. The van der Waals surface area contributed by atoms with E-state index in [0.717, 1.165) is 19.4 Å². The fraction of sp³-hybridized carbons (Fsp3) is 0.789. The number of Topliss-reactive ketones (excluding diaryl/α,β-unsaturated/α-hetero) is 5. The maximum Gasteiger partial charge on any atom is 0.224 e. The van der Waals surface area contributed by atoms with Gasteiger partial charge in [0, 0.05) is 74.3 Å². The molecule has 0 aromatic rings. The number of ketones is 5. The molecular weight excluding hydrogens is 652 g/mol. The fourth-order valence-electron chi connectivity index (χ4n) is 6.60. The van der Waals surface area contributed by atoms with Crippen LogP contribution in [-0.4, -0.2) is 82.3 Å². The zero-order valence-corrected chi connectivity index (χ0v) is 32.9. The van der Waals surface area contributed by atoms with Crippen LogP contribution < -0.4 is 22.5 Å². The normalized spacial score (nSPS) is 17.4. The average Bonchev–Trinajstić information content (AvgIpc) is 3.48. The van der Waals surface area contributed by atoms with Crippen molar-refractivity contribution in [3.63, 3.8) is 0 Å². The topological polar surface area (TPSA) is 225 Å². The number of aliphatic imine (C=N–C) groups is 1. The Morgan fingerprint density at radius 3 is 1.86 bits per heavy atom. The van der Waals surface area contributed by atoms with Crippen molar-refractivity contribution in [2.75, 3.05) is 13.1 Å². The molecule has 51 heavy (non-hydrogen) atoms. The fourth-order valence-corrected chi connectivity index (χ4v) is 6.60. The van der Waals surface area contributed by atoms with Crippen LogP contribution in [0.5, 0.6) is 0 Å². The van der Waals surface area contributed by atoms with Crippen LogP contribution in [0, 0.1) is 28.6 Å². The number of primary amides is 1. The monoisotopic (exact) mass is 718 g/mol. The van der Waals surface area contributed by atoms with E-state index in [-0.39, 0.29) is 86.2 Å². The molecule has 7 N–H and O–H groups in total. The number of rotatable bonds is 22. The molecule has 290 valence electrons. The SMILES string of the molecule is CC(C)N1CCC[C@@H]1C(=O)C[C@@H](C(=O)C[C@H](CC(N)=O)C(=O)C[C@H](CCCN=C(N)N)C(=O)NC(C)(C)C(=O)CCC(=O)C(C)(C)C)C(C)(C)C. The van der Waals surface area contributed by atoms with E-state index < -0.39 is 58.1 Å². The summed E-state index contributed by atoms with van der Waals surface area (Å²) in [7, 11) is 0. The van der Waals surface area contributed by atoms with Gasteiger partial charge >= 0.3 is 0 Å². The van der Waals surface area contributed by atoms with E-state index in [9.17, 15) is 33.6 Å². The van der Waals surface area contributed by atoms with Gasteiger partial charge in [0.15, 0.2) is 17.5 Å². The standard InChI is InChI=1S/C38H66N6O7/c1-23(2)44-18-12-14-27(44)30(47)22-26(36(3,4)5)29(46)20-25(21-33(39)50)28(45)19-24(13-11-17-42-35(40)41)34(51)43-38(9,10)32(49)16-15-31(48)37(6,7)8/h23-27H,11-22H2,1-10H3,(H2,39,50)(H,43,51)(H4,40,41,42)/t24-,25+,26-,27+/m0/s1. The molecule has 0 unspecified atom stereocenters. The lowest BCUT2D eigenvalue weighted by Gasteiger charge is -2.33. The van der Waals surface area contributed by atoms with E-state index in [1.165, 1.54) is 0 Å². The molecular formula is C38H66N6O7. The number of amides is 2. The van der Waals surface area contributed by atoms with E-state index in [1.54, 1.807) is 34.6 Å². The van der Waals surface area contributed by atoms with E-state index in [4.69, 9.17) is 17.2 Å². The van der Waals surface area contributed by atoms with E-state index in [2.05, 4.69) is 15.2 Å². The molecule has 2 amide bonds. The van der Waals surface area contributed by atoms with Gasteiger partial charge in [-0.05, 0) is 65.3 Å². The Kier molecular flexibility index (Phi) is 17.3. The molecule has 0 spiro atoms. The van der Waals surface area contributed by atoms with Crippen molar-refractivity contribution in [3.8, 4) is 0 Å². The van der Waals surface area contributed by atoms with Gasteiger partial charge in [-0.3, -0.25) is 43.5 Å². The molecule has 0 aliphatic carbocycles. The summed E-state index contributed by atoms with van der Waals surface area (Å²) in [6, 6.07) is -0.0761. The first kappa shape index (κ1) is 45.5. The summed E-state index contributed by atoms with van der Waals surface area (Å²) in [6.07, 6.45) is 1.11. The number of likely N-dealkylation sites (tertiary alicyclic amines) is 1.